The number of phenolic OH excluding ortho intramolecular Hbond substituents is 1. The molecule has 5 aromatic rings. The van der Waals surface area contributed by atoms with Crippen molar-refractivity contribution in [2.24, 2.45) is 5.14 Å². The van der Waals surface area contributed by atoms with Crippen molar-refractivity contribution >= 4 is 26.3 Å². The molecule has 0 radical (unpaired) electrons. The maximum absolute atomic E-state index is 12.1. The molecule has 33 heavy (non-hydrogen) atoms. The van der Waals surface area contributed by atoms with Gasteiger partial charge in [0.05, 0.1) is 23.9 Å². The number of sulfonamides is 1. The number of hydrogen-bond acceptors (Lipinski definition) is 8. The highest BCUT2D eigenvalue weighted by molar-refractivity contribution is 7.89. The molecule has 0 aliphatic heterocycles. The van der Waals surface area contributed by atoms with Crippen LogP contribution in [0.25, 0.3) is 37.9 Å². The van der Waals surface area contributed by atoms with Gasteiger partial charge in [-0.05, 0) is 24.3 Å². The Labute approximate surface area is 192 Å². The molecule has 3 N–H and O–H groups in total. The van der Waals surface area contributed by atoms with Crippen molar-refractivity contribution in [3.63, 3.8) is 0 Å². The summed E-state index contributed by atoms with van der Waals surface area (Å²) in [5.41, 5.74) is 3.01. The molecule has 0 aliphatic rings. The van der Waals surface area contributed by atoms with Crippen molar-refractivity contribution < 1.29 is 18.3 Å². The first kappa shape index (κ1) is 21.1. The van der Waals surface area contributed by atoms with Gasteiger partial charge in [-0.25, -0.2) is 28.0 Å². The molecule has 0 saturated carbocycles. The fourth-order valence-corrected chi connectivity index (χ4v) is 5.14. The number of hydrogen-bond donors (Lipinski definition) is 2. The minimum Gasteiger partial charge on any atom is -0.508 e. The van der Waals surface area contributed by atoms with Gasteiger partial charge in [0.2, 0.25) is 20.9 Å². The van der Waals surface area contributed by atoms with Gasteiger partial charge in [-0.1, -0.05) is 41.7 Å². The number of aromatic nitrogens is 4. The SMILES string of the molecule is COc1ncc(-c2nn3c(-c4cccc(O)c4)cnc3s2)cc1-c1ccccc1S(N)(=O)=O. The summed E-state index contributed by atoms with van der Waals surface area (Å²) < 4.78 is 31.4. The minimum atomic E-state index is -3.97. The number of rotatable bonds is 5. The van der Waals surface area contributed by atoms with Crippen molar-refractivity contribution in [1.82, 2.24) is 19.6 Å². The van der Waals surface area contributed by atoms with Crippen LogP contribution in [0.15, 0.2) is 71.9 Å². The number of imidazole rings is 1. The highest BCUT2D eigenvalue weighted by Gasteiger charge is 2.20. The van der Waals surface area contributed by atoms with Gasteiger partial charge < -0.3 is 9.84 Å². The van der Waals surface area contributed by atoms with Crippen molar-refractivity contribution in [3.8, 4) is 44.6 Å². The highest BCUT2D eigenvalue weighted by Crippen LogP contribution is 2.37. The smallest absolute Gasteiger partial charge is 0.238 e. The Morgan fingerprint density at radius 2 is 1.82 bits per heavy atom. The van der Waals surface area contributed by atoms with E-state index in [9.17, 15) is 13.5 Å². The predicted molar refractivity (Wildman–Crippen MR) is 125 cm³/mol. The zero-order valence-corrected chi connectivity index (χ0v) is 18.8. The van der Waals surface area contributed by atoms with Crippen LogP contribution >= 0.6 is 11.3 Å². The summed E-state index contributed by atoms with van der Waals surface area (Å²) >= 11 is 1.35. The number of primary sulfonamides is 1. The second kappa shape index (κ2) is 7.96. The Morgan fingerprint density at radius 3 is 2.58 bits per heavy atom. The Kier molecular flexibility index (Phi) is 5.08. The van der Waals surface area contributed by atoms with Gasteiger partial charge in [-0.15, -0.1) is 0 Å². The number of aromatic hydroxyl groups is 1. The van der Waals surface area contributed by atoms with E-state index < -0.39 is 10.0 Å². The van der Waals surface area contributed by atoms with Crippen molar-refractivity contribution in [2.45, 2.75) is 4.90 Å². The third-order valence-corrected chi connectivity index (χ3v) is 6.94. The van der Waals surface area contributed by atoms with Crippen LogP contribution in [0.2, 0.25) is 0 Å². The minimum absolute atomic E-state index is 0.0256. The molecular formula is C22H17N5O4S2. The first-order chi connectivity index (χ1) is 15.8. The summed E-state index contributed by atoms with van der Waals surface area (Å²) in [5.74, 6) is 0.409. The van der Waals surface area contributed by atoms with E-state index >= 15 is 0 Å². The normalized spacial score (nSPS) is 11.7. The Balaban J connectivity index is 1.65. The molecule has 9 nitrogen and oxygen atoms in total. The number of nitrogens with zero attached hydrogens (tertiary/aromatic N) is 4. The lowest BCUT2D eigenvalue weighted by atomic mass is 10.1. The summed E-state index contributed by atoms with van der Waals surface area (Å²) in [6.07, 6.45) is 3.30. The molecule has 2 aromatic carbocycles. The molecule has 3 heterocycles. The molecule has 0 unspecified atom stereocenters. The lowest BCUT2D eigenvalue weighted by Crippen LogP contribution is -2.13. The number of phenols is 1. The predicted octanol–water partition coefficient (Wildman–Crippen LogP) is 3.55. The van der Waals surface area contributed by atoms with E-state index in [0.717, 1.165) is 11.3 Å². The molecular weight excluding hydrogens is 462 g/mol. The second-order valence-electron chi connectivity index (χ2n) is 7.12. The first-order valence-electron chi connectivity index (χ1n) is 9.66. The van der Waals surface area contributed by atoms with Crippen LogP contribution in [-0.2, 0) is 10.0 Å². The third kappa shape index (κ3) is 3.82. The van der Waals surface area contributed by atoms with E-state index in [-0.39, 0.29) is 16.5 Å². The number of benzene rings is 2. The van der Waals surface area contributed by atoms with Gasteiger partial charge in [0.25, 0.3) is 0 Å². The van der Waals surface area contributed by atoms with Gasteiger partial charge in [-0.2, -0.15) is 5.10 Å². The zero-order chi connectivity index (χ0) is 23.2. The molecule has 0 aliphatic carbocycles. The van der Waals surface area contributed by atoms with Crippen LogP contribution in [-0.4, -0.2) is 40.2 Å². The van der Waals surface area contributed by atoms with Crippen LogP contribution in [0, 0.1) is 0 Å². The summed E-state index contributed by atoms with van der Waals surface area (Å²) in [7, 11) is -2.50. The molecule has 0 fully saturated rings. The average molecular weight is 480 g/mol. The van der Waals surface area contributed by atoms with E-state index in [1.165, 1.54) is 24.5 Å². The third-order valence-electron chi connectivity index (χ3n) is 5.00. The van der Waals surface area contributed by atoms with Gasteiger partial charge in [-0.3, -0.25) is 0 Å². The number of nitrogens with two attached hydrogens (primary N) is 1. The Morgan fingerprint density at radius 1 is 1.00 bits per heavy atom. The van der Waals surface area contributed by atoms with Crippen LogP contribution in [0.3, 0.4) is 0 Å². The summed E-state index contributed by atoms with van der Waals surface area (Å²) in [4.78, 5) is 9.43. The summed E-state index contributed by atoms with van der Waals surface area (Å²) in [6.45, 7) is 0. The lowest BCUT2D eigenvalue weighted by Gasteiger charge is -2.12. The van der Waals surface area contributed by atoms with Crippen molar-refractivity contribution in [2.75, 3.05) is 7.11 Å². The van der Waals surface area contributed by atoms with Crippen LogP contribution < -0.4 is 9.88 Å². The fourth-order valence-electron chi connectivity index (χ4n) is 3.53. The molecule has 3 aromatic heterocycles. The molecule has 0 atom stereocenters. The Bertz CT molecular complexity index is 1610. The monoisotopic (exact) mass is 479 g/mol. The highest BCUT2D eigenvalue weighted by atomic mass is 32.2. The maximum Gasteiger partial charge on any atom is 0.238 e. The quantitative estimate of drug-likeness (QED) is 0.394. The van der Waals surface area contributed by atoms with E-state index in [0.29, 0.717) is 26.7 Å². The van der Waals surface area contributed by atoms with Crippen LogP contribution in [0.5, 0.6) is 11.6 Å². The molecule has 0 amide bonds. The number of methoxy groups -OCH3 is 1. The van der Waals surface area contributed by atoms with Crippen LogP contribution in [0.4, 0.5) is 0 Å². The van der Waals surface area contributed by atoms with Crippen molar-refractivity contribution in [3.05, 3.63) is 67.0 Å². The van der Waals surface area contributed by atoms with E-state index in [4.69, 9.17) is 9.88 Å². The molecule has 0 bridgehead atoms. The molecule has 11 heteroatoms. The van der Waals surface area contributed by atoms with Gasteiger partial charge >= 0.3 is 0 Å². The van der Waals surface area contributed by atoms with Gasteiger partial charge in [0, 0.05) is 28.5 Å². The van der Waals surface area contributed by atoms with E-state index in [1.807, 2.05) is 6.07 Å². The molecule has 5 rings (SSSR count). The molecule has 0 saturated heterocycles. The van der Waals surface area contributed by atoms with Gasteiger partial charge in [0.1, 0.15) is 10.8 Å². The standard InChI is InChI=1S/C22H17N5O4S2/c1-31-20-17(16-7-2-3-8-19(16)33(23,29)30)10-14(11-24-20)21-26-27-18(12-25-22(27)32-21)13-5-4-6-15(28)9-13/h2-12,28H,1H3,(H2,23,29,30). The number of ether oxygens (including phenoxy) is 1. The fraction of sp³-hybridized carbons (Fsp3) is 0.0455. The average Bonchev–Trinajstić information content (AvgIpc) is 3.39. The van der Waals surface area contributed by atoms with E-state index in [1.54, 1.807) is 59.4 Å². The topological polar surface area (TPSA) is 133 Å². The second-order valence-corrected chi connectivity index (χ2v) is 9.60. The van der Waals surface area contributed by atoms with Crippen molar-refractivity contribution in [1.29, 1.82) is 0 Å². The molecule has 166 valence electrons. The van der Waals surface area contributed by atoms with Gasteiger partial charge in [0.15, 0.2) is 0 Å². The largest absolute Gasteiger partial charge is 0.508 e. The summed E-state index contributed by atoms with van der Waals surface area (Å²) in [6, 6.07) is 15.0. The van der Waals surface area contributed by atoms with Crippen LogP contribution in [0.1, 0.15) is 0 Å². The number of fused-ring (bicyclic) bond motifs is 1. The zero-order valence-electron chi connectivity index (χ0n) is 17.2. The van der Waals surface area contributed by atoms with E-state index in [2.05, 4.69) is 15.1 Å². The Hall–Kier alpha value is -3.80. The lowest BCUT2D eigenvalue weighted by molar-refractivity contribution is 0.399. The molecule has 0 spiro atoms. The number of pyridine rings is 1. The maximum atomic E-state index is 12.1. The first-order valence-corrected chi connectivity index (χ1v) is 12.0. The summed E-state index contributed by atoms with van der Waals surface area (Å²) in [5, 5.41) is 20.5.